The van der Waals surface area contributed by atoms with Gasteiger partial charge in [0, 0.05) is 5.75 Å². The Labute approximate surface area is 67.0 Å². The second-order valence-electron chi connectivity index (χ2n) is 2.35. The Morgan fingerprint density at radius 1 is 1.60 bits per heavy atom. The summed E-state index contributed by atoms with van der Waals surface area (Å²) in [5.41, 5.74) is 0. The van der Waals surface area contributed by atoms with Crippen molar-refractivity contribution >= 4 is 11.8 Å². The van der Waals surface area contributed by atoms with Crippen LogP contribution >= 0.6 is 11.8 Å². The Balaban J connectivity index is 3.38. The van der Waals surface area contributed by atoms with Crippen LogP contribution in [0.15, 0.2) is 0 Å². The first-order valence-corrected chi connectivity index (χ1v) is 4.44. The third-order valence-electron chi connectivity index (χ3n) is 1.10. The molecule has 0 rings (SSSR count). The summed E-state index contributed by atoms with van der Waals surface area (Å²) >= 11 is 1.80. The molecule has 1 unspecified atom stereocenters. The number of hydrogen-bond donors (Lipinski definition) is 1. The second kappa shape index (κ2) is 5.57. The van der Waals surface area contributed by atoms with E-state index in [2.05, 4.69) is 25.2 Å². The smallest absolute Gasteiger partial charge is 0.104 e. The van der Waals surface area contributed by atoms with Gasteiger partial charge in [-0.2, -0.15) is 17.0 Å². The summed E-state index contributed by atoms with van der Waals surface area (Å²) < 4.78 is 0. The van der Waals surface area contributed by atoms with E-state index in [0.717, 1.165) is 5.75 Å². The van der Waals surface area contributed by atoms with Crippen molar-refractivity contribution < 1.29 is 0 Å². The van der Waals surface area contributed by atoms with E-state index in [4.69, 9.17) is 5.26 Å². The Morgan fingerprint density at radius 2 is 2.20 bits per heavy atom. The van der Waals surface area contributed by atoms with Crippen molar-refractivity contribution in [1.29, 1.82) is 5.26 Å². The summed E-state index contributed by atoms with van der Waals surface area (Å²) in [4.78, 5) is 0. The average molecular weight is 158 g/mol. The number of nitrogens with zero attached hydrogens (tertiary/aromatic N) is 1. The number of hydrogen-bond acceptors (Lipinski definition) is 3. The molecule has 0 aromatic rings. The second-order valence-corrected chi connectivity index (χ2v) is 3.96. The fraction of sp³-hybridized carbons (Fsp3) is 0.857. The molecule has 2 nitrogen and oxygen atoms in total. The van der Waals surface area contributed by atoms with Gasteiger partial charge in [-0.1, -0.05) is 13.8 Å². The molecule has 0 aliphatic carbocycles. The van der Waals surface area contributed by atoms with Gasteiger partial charge in [0.1, 0.15) is 6.04 Å². The van der Waals surface area contributed by atoms with Crippen LogP contribution in [0.2, 0.25) is 0 Å². The zero-order chi connectivity index (χ0) is 7.98. The molecule has 10 heavy (non-hydrogen) atoms. The first-order valence-electron chi connectivity index (χ1n) is 3.39. The molecule has 0 amide bonds. The van der Waals surface area contributed by atoms with Crippen LogP contribution in [0.5, 0.6) is 0 Å². The van der Waals surface area contributed by atoms with Gasteiger partial charge in [0.15, 0.2) is 0 Å². The van der Waals surface area contributed by atoms with Crippen LogP contribution in [-0.4, -0.2) is 24.1 Å². The molecule has 3 heteroatoms. The zero-order valence-corrected chi connectivity index (χ0v) is 7.53. The van der Waals surface area contributed by atoms with Crippen molar-refractivity contribution in [2.45, 2.75) is 25.1 Å². The fourth-order valence-corrected chi connectivity index (χ4v) is 1.29. The Morgan fingerprint density at radius 3 is 2.50 bits per heavy atom. The highest BCUT2D eigenvalue weighted by molar-refractivity contribution is 7.99. The van der Waals surface area contributed by atoms with E-state index in [1.807, 2.05) is 7.05 Å². The molecule has 0 heterocycles. The summed E-state index contributed by atoms with van der Waals surface area (Å²) in [5.74, 6) is 0.880. The maximum Gasteiger partial charge on any atom is 0.104 e. The van der Waals surface area contributed by atoms with Gasteiger partial charge in [0.05, 0.1) is 6.07 Å². The standard InChI is InChI=1S/C7H14N2S/c1-6(2)10-5-7(4-8)9-3/h6-7,9H,5H2,1-3H3. The predicted octanol–water partition coefficient (Wildman–Crippen LogP) is 1.24. The molecule has 0 fully saturated rings. The van der Waals surface area contributed by atoms with Crippen LogP contribution in [0.25, 0.3) is 0 Å². The molecular weight excluding hydrogens is 144 g/mol. The molecule has 1 N–H and O–H groups in total. The van der Waals surface area contributed by atoms with Crippen molar-refractivity contribution in [1.82, 2.24) is 5.32 Å². The van der Waals surface area contributed by atoms with Gasteiger partial charge in [-0.25, -0.2) is 0 Å². The lowest BCUT2D eigenvalue weighted by atomic mass is 10.4. The molecule has 0 aliphatic heterocycles. The highest BCUT2D eigenvalue weighted by Gasteiger charge is 2.03. The summed E-state index contributed by atoms with van der Waals surface area (Å²) in [7, 11) is 1.81. The van der Waals surface area contributed by atoms with E-state index in [9.17, 15) is 0 Å². The molecule has 58 valence electrons. The minimum Gasteiger partial charge on any atom is -0.304 e. The SMILES string of the molecule is CNC(C#N)CSC(C)C. The monoisotopic (exact) mass is 158 g/mol. The Kier molecular flexibility index (Phi) is 5.46. The number of rotatable bonds is 4. The van der Waals surface area contributed by atoms with Crippen LogP contribution in [-0.2, 0) is 0 Å². The molecular formula is C7H14N2S. The average Bonchev–Trinajstić information content (AvgIpc) is 1.90. The largest absolute Gasteiger partial charge is 0.304 e. The molecule has 1 atom stereocenters. The molecule has 0 saturated carbocycles. The van der Waals surface area contributed by atoms with Crippen LogP contribution < -0.4 is 5.32 Å². The first kappa shape index (κ1) is 9.80. The number of nitrogens with one attached hydrogen (secondary N) is 1. The van der Waals surface area contributed by atoms with Gasteiger partial charge in [0.25, 0.3) is 0 Å². The summed E-state index contributed by atoms with van der Waals surface area (Å²) in [6, 6.07) is 2.18. The van der Waals surface area contributed by atoms with Gasteiger partial charge in [-0.15, -0.1) is 0 Å². The van der Waals surface area contributed by atoms with E-state index in [-0.39, 0.29) is 6.04 Å². The molecule has 0 aliphatic rings. The van der Waals surface area contributed by atoms with Gasteiger partial charge >= 0.3 is 0 Å². The highest BCUT2D eigenvalue weighted by atomic mass is 32.2. The Hall–Kier alpha value is -0.200. The summed E-state index contributed by atoms with van der Waals surface area (Å²) in [5, 5.41) is 12.1. The minimum absolute atomic E-state index is 0.00685. The van der Waals surface area contributed by atoms with Crippen molar-refractivity contribution in [3.63, 3.8) is 0 Å². The molecule has 0 spiro atoms. The summed E-state index contributed by atoms with van der Waals surface area (Å²) in [6.07, 6.45) is 0. The minimum atomic E-state index is 0.00685. The van der Waals surface area contributed by atoms with Crippen LogP contribution in [0.1, 0.15) is 13.8 Å². The van der Waals surface area contributed by atoms with E-state index in [1.54, 1.807) is 11.8 Å². The van der Waals surface area contributed by atoms with Crippen LogP contribution in [0.4, 0.5) is 0 Å². The molecule has 0 saturated heterocycles. The zero-order valence-electron chi connectivity index (χ0n) is 6.72. The third kappa shape index (κ3) is 4.66. The van der Waals surface area contributed by atoms with Gasteiger partial charge in [-0.3, -0.25) is 0 Å². The van der Waals surface area contributed by atoms with Gasteiger partial charge in [-0.05, 0) is 12.3 Å². The van der Waals surface area contributed by atoms with E-state index < -0.39 is 0 Å². The molecule has 0 bridgehead atoms. The van der Waals surface area contributed by atoms with Gasteiger partial charge < -0.3 is 5.32 Å². The van der Waals surface area contributed by atoms with Crippen LogP contribution in [0, 0.1) is 11.3 Å². The predicted molar refractivity (Wildman–Crippen MR) is 46.1 cm³/mol. The van der Waals surface area contributed by atoms with E-state index in [0.29, 0.717) is 5.25 Å². The van der Waals surface area contributed by atoms with Crippen molar-refractivity contribution in [3.8, 4) is 6.07 Å². The number of nitriles is 1. The topological polar surface area (TPSA) is 35.8 Å². The molecule has 0 aromatic heterocycles. The maximum absolute atomic E-state index is 8.51. The number of thioether (sulfide) groups is 1. The van der Waals surface area contributed by atoms with Crippen molar-refractivity contribution in [2.24, 2.45) is 0 Å². The normalized spacial score (nSPS) is 13.1. The lowest BCUT2D eigenvalue weighted by molar-refractivity contribution is 0.749. The Bertz CT molecular complexity index is 117. The van der Waals surface area contributed by atoms with Gasteiger partial charge in [0.2, 0.25) is 0 Å². The summed E-state index contributed by atoms with van der Waals surface area (Å²) in [6.45, 7) is 4.27. The molecule has 0 radical (unpaired) electrons. The lowest BCUT2D eigenvalue weighted by Crippen LogP contribution is -2.26. The maximum atomic E-state index is 8.51. The van der Waals surface area contributed by atoms with Crippen LogP contribution in [0.3, 0.4) is 0 Å². The first-order chi connectivity index (χ1) is 4.70. The third-order valence-corrected chi connectivity index (χ3v) is 2.29. The van der Waals surface area contributed by atoms with Crippen molar-refractivity contribution in [2.75, 3.05) is 12.8 Å². The van der Waals surface area contributed by atoms with Crippen molar-refractivity contribution in [3.05, 3.63) is 0 Å². The molecule has 0 aromatic carbocycles. The fourth-order valence-electron chi connectivity index (χ4n) is 0.474. The highest BCUT2D eigenvalue weighted by Crippen LogP contribution is 2.09. The lowest BCUT2D eigenvalue weighted by Gasteiger charge is -2.08. The van der Waals surface area contributed by atoms with E-state index in [1.165, 1.54) is 0 Å². The van der Waals surface area contributed by atoms with E-state index >= 15 is 0 Å². The quantitative estimate of drug-likeness (QED) is 0.668.